The van der Waals surface area contributed by atoms with Crippen LogP contribution in [0, 0.1) is 5.82 Å². The van der Waals surface area contributed by atoms with E-state index in [1.54, 1.807) is 0 Å². The van der Waals surface area contributed by atoms with Gasteiger partial charge in [0.15, 0.2) is 6.10 Å². The minimum Gasteiger partial charge on any atom is -0.396 e. The van der Waals surface area contributed by atoms with Gasteiger partial charge in [0.05, 0.1) is 10.7 Å². The summed E-state index contributed by atoms with van der Waals surface area (Å²) >= 11 is 5.49. The Labute approximate surface area is 116 Å². The number of sulfonamides is 1. The molecule has 1 rings (SSSR count). The Morgan fingerprint density at radius 1 is 1.40 bits per heavy atom. The van der Waals surface area contributed by atoms with Gasteiger partial charge in [-0.25, -0.2) is 17.5 Å². The first kappa shape index (κ1) is 17.0. The second kappa shape index (κ2) is 5.72. The molecule has 0 amide bonds. The molecule has 0 saturated carbocycles. The van der Waals surface area contributed by atoms with Gasteiger partial charge in [-0.1, -0.05) is 11.6 Å². The van der Waals surface area contributed by atoms with E-state index in [-0.39, 0.29) is 0 Å². The van der Waals surface area contributed by atoms with Crippen molar-refractivity contribution in [3.63, 3.8) is 0 Å². The number of aliphatic hydroxyl groups is 1. The van der Waals surface area contributed by atoms with Gasteiger partial charge in [0, 0.05) is 6.54 Å². The van der Waals surface area contributed by atoms with Crippen LogP contribution in [0.3, 0.4) is 0 Å². The van der Waals surface area contributed by atoms with E-state index in [0.717, 1.165) is 0 Å². The molecule has 0 saturated heterocycles. The van der Waals surface area contributed by atoms with Crippen molar-refractivity contribution in [3.05, 3.63) is 23.0 Å². The molecule has 114 valence electrons. The summed E-state index contributed by atoms with van der Waals surface area (Å²) in [7, 11) is -4.47. The van der Waals surface area contributed by atoms with Crippen LogP contribution in [0.15, 0.2) is 17.0 Å². The van der Waals surface area contributed by atoms with Crippen LogP contribution in [0.4, 0.5) is 23.2 Å². The zero-order chi connectivity index (χ0) is 15.7. The molecule has 0 radical (unpaired) electrons. The first-order valence-electron chi connectivity index (χ1n) is 4.94. The molecule has 0 heterocycles. The highest BCUT2D eigenvalue weighted by molar-refractivity contribution is 7.89. The summed E-state index contributed by atoms with van der Waals surface area (Å²) in [5.41, 5.74) is 4.62. The smallest absolute Gasteiger partial charge is 0.396 e. The largest absolute Gasteiger partial charge is 0.415 e. The highest BCUT2D eigenvalue weighted by Gasteiger charge is 2.38. The lowest BCUT2D eigenvalue weighted by Crippen LogP contribution is -2.40. The van der Waals surface area contributed by atoms with Gasteiger partial charge in [-0.2, -0.15) is 13.2 Å². The Hall–Kier alpha value is -1.10. The summed E-state index contributed by atoms with van der Waals surface area (Å²) in [6.07, 6.45) is -7.86. The Morgan fingerprint density at radius 2 is 1.95 bits per heavy atom. The van der Waals surface area contributed by atoms with Gasteiger partial charge in [-0.3, -0.25) is 0 Å². The molecule has 5 nitrogen and oxygen atoms in total. The fourth-order valence-electron chi connectivity index (χ4n) is 1.13. The van der Waals surface area contributed by atoms with E-state index in [1.165, 1.54) is 4.72 Å². The fraction of sp³-hybridized carbons (Fsp3) is 0.333. The summed E-state index contributed by atoms with van der Waals surface area (Å²) in [6, 6.07) is 1.28. The Bertz CT molecular complexity index is 606. The van der Waals surface area contributed by atoms with Crippen LogP contribution in [0.5, 0.6) is 0 Å². The van der Waals surface area contributed by atoms with E-state index in [1.807, 2.05) is 0 Å². The number of alkyl halides is 3. The average Bonchev–Trinajstić information content (AvgIpc) is 2.29. The molecule has 4 N–H and O–H groups in total. The second-order valence-electron chi connectivity index (χ2n) is 3.71. The molecule has 0 aliphatic rings. The summed E-state index contributed by atoms with van der Waals surface area (Å²) < 4.78 is 74.0. The molecule has 11 heteroatoms. The van der Waals surface area contributed by atoms with E-state index in [2.05, 4.69) is 0 Å². The van der Waals surface area contributed by atoms with E-state index in [4.69, 9.17) is 22.4 Å². The van der Waals surface area contributed by atoms with Crippen LogP contribution in [0.1, 0.15) is 0 Å². The van der Waals surface area contributed by atoms with Gasteiger partial charge in [0.1, 0.15) is 10.7 Å². The van der Waals surface area contributed by atoms with E-state index in [9.17, 15) is 26.0 Å². The maximum absolute atomic E-state index is 13.0. The molecule has 1 aromatic carbocycles. The maximum atomic E-state index is 13.0. The lowest BCUT2D eigenvalue weighted by molar-refractivity contribution is -0.200. The highest BCUT2D eigenvalue weighted by Crippen LogP contribution is 2.26. The van der Waals surface area contributed by atoms with Crippen molar-refractivity contribution < 1.29 is 31.1 Å². The molecule has 1 atom stereocenters. The molecule has 0 bridgehead atoms. The topological polar surface area (TPSA) is 92.4 Å². The van der Waals surface area contributed by atoms with Crippen LogP contribution < -0.4 is 10.5 Å². The molecule has 0 aliphatic carbocycles. The number of benzene rings is 1. The maximum Gasteiger partial charge on any atom is 0.415 e. The summed E-state index contributed by atoms with van der Waals surface area (Å²) in [5.74, 6) is -0.968. The van der Waals surface area contributed by atoms with Gasteiger partial charge < -0.3 is 10.8 Å². The molecule has 0 spiro atoms. The monoisotopic (exact) mass is 336 g/mol. The predicted octanol–water partition coefficient (Wildman–Crippen LogP) is 1.26. The lowest BCUT2D eigenvalue weighted by atomic mass is 10.3. The van der Waals surface area contributed by atoms with Crippen molar-refractivity contribution in [2.75, 3.05) is 12.3 Å². The minimum atomic E-state index is -4.98. The van der Waals surface area contributed by atoms with Gasteiger partial charge in [-0.05, 0) is 12.1 Å². The van der Waals surface area contributed by atoms with E-state index in [0.29, 0.717) is 12.1 Å². The number of hydrogen-bond acceptors (Lipinski definition) is 4. The van der Waals surface area contributed by atoms with Crippen LogP contribution in [-0.2, 0) is 10.0 Å². The number of nitrogen functional groups attached to an aromatic ring is 1. The van der Waals surface area contributed by atoms with Crippen molar-refractivity contribution in [2.45, 2.75) is 17.2 Å². The normalized spacial score (nSPS) is 14.3. The van der Waals surface area contributed by atoms with Gasteiger partial charge in [0.2, 0.25) is 10.0 Å². The minimum absolute atomic E-state index is 0.536. The summed E-state index contributed by atoms with van der Waals surface area (Å²) in [4.78, 5) is -0.688. The van der Waals surface area contributed by atoms with Crippen LogP contribution in [-0.4, -0.2) is 32.3 Å². The molecule has 0 aliphatic heterocycles. The van der Waals surface area contributed by atoms with E-state index >= 15 is 0 Å². The standard InChI is InChI=1S/C9H9ClF4N2O3S/c10-4-1-5(11)6(15)2-7(4)20(18,19)16-3-8(17)9(12,13)14/h1-2,8,16-17H,3,15H2. The van der Waals surface area contributed by atoms with Gasteiger partial charge in [0.25, 0.3) is 0 Å². The summed E-state index contributed by atoms with van der Waals surface area (Å²) in [6.45, 7) is -1.31. The number of hydrogen-bond donors (Lipinski definition) is 3. The van der Waals surface area contributed by atoms with Crippen molar-refractivity contribution in [1.82, 2.24) is 4.72 Å². The number of halogens is 5. The highest BCUT2D eigenvalue weighted by atomic mass is 35.5. The van der Waals surface area contributed by atoms with Crippen LogP contribution >= 0.6 is 11.6 Å². The first-order valence-corrected chi connectivity index (χ1v) is 6.80. The molecule has 1 aromatic rings. The summed E-state index contributed by atoms with van der Waals surface area (Å²) in [5, 5.41) is 8.14. The number of anilines is 1. The molecule has 20 heavy (non-hydrogen) atoms. The van der Waals surface area contributed by atoms with Gasteiger partial charge >= 0.3 is 6.18 Å². The van der Waals surface area contributed by atoms with Crippen molar-refractivity contribution >= 4 is 27.3 Å². The van der Waals surface area contributed by atoms with Crippen molar-refractivity contribution in [2.24, 2.45) is 0 Å². The third-order valence-electron chi connectivity index (χ3n) is 2.19. The lowest BCUT2D eigenvalue weighted by Gasteiger charge is -2.15. The van der Waals surface area contributed by atoms with Crippen molar-refractivity contribution in [1.29, 1.82) is 0 Å². The van der Waals surface area contributed by atoms with Crippen LogP contribution in [0.2, 0.25) is 5.02 Å². The third kappa shape index (κ3) is 3.95. The third-order valence-corrected chi connectivity index (χ3v) is 4.07. The molecule has 0 aromatic heterocycles. The molecular formula is C9H9ClF4N2O3S. The number of rotatable bonds is 4. The van der Waals surface area contributed by atoms with E-state index < -0.39 is 50.3 Å². The zero-order valence-electron chi connectivity index (χ0n) is 9.58. The van der Waals surface area contributed by atoms with Gasteiger partial charge in [-0.15, -0.1) is 0 Å². The predicted molar refractivity (Wildman–Crippen MR) is 63.1 cm³/mol. The van der Waals surface area contributed by atoms with Crippen LogP contribution in [0.25, 0.3) is 0 Å². The average molecular weight is 337 g/mol. The Morgan fingerprint density at radius 3 is 2.45 bits per heavy atom. The zero-order valence-corrected chi connectivity index (χ0v) is 11.2. The van der Waals surface area contributed by atoms with Crippen molar-refractivity contribution in [3.8, 4) is 0 Å². The Balaban J connectivity index is 2.98. The second-order valence-corrected chi connectivity index (χ2v) is 5.86. The quantitative estimate of drug-likeness (QED) is 0.570. The fourth-order valence-corrected chi connectivity index (χ4v) is 2.72. The number of nitrogens with one attached hydrogen (secondary N) is 1. The molecule has 0 fully saturated rings. The Kier molecular flexibility index (Phi) is 4.85. The SMILES string of the molecule is Nc1cc(S(=O)(=O)NCC(O)C(F)(F)F)c(Cl)cc1F. The number of nitrogens with two attached hydrogens (primary N) is 1. The first-order chi connectivity index (χ1) is 8.95. The number of aliphatic hydroxyl groups excluding tert-OH is 1. The molecule has 1 unspecified atom stereocenters. The molecular weight excluding hydrogens is 328 g/mol.